The van der Waals surface area contributed by atoms with E-state index >= 15 is 0 Å². The molecule has 0 fully saturated rings. The molecule has 0 atom stereocenters. The summed E-state index contributed by atoms with van der Waals surface area (Å²) in [5.41, 5.74) is 4.61. The maximum absolute atomic E-state index is 12.4. The standard InChI is InChI=1S/C26H26N4O6/c1-17-7-4-5-9-21(17)29-23(31)16-36-24-18(8-6-10-22(24)35-3)15-27-30-26(33)25(32)28-19-11-13-20(34-2)14-12-19/h4-15H,16H2,1-3H3,(H,28,32)(H,29,31)(H,30,33)/b27-15-. The zero-order valence-electron chi connectivity index (χ0n) is 20.0. The summed E-state index contributed by atoms with van der Waals surface area (Å²) < 4.78 is 16.1. The number of ether oxygens (including phenoxy) is 3. The molecule has 0 saturated carbocycles. The largest absolute Gasteiger partial charge is 0.497 e. The van der Waals surface area contributed by atoms with E-state index in [4.69, 9.17) is 14.2 Å². The Morgan fingerprint density at radius 1 is 0.861 bits per heavy atom. The van der Waals surface area contributed by atoms with Gasteiger partial charge in [-0.05, 0) is 55.0 Å². The molecule has 3 N–H and O–H groups in total. The average molecular weight is 491 g/mol. The zero-order chi connectivity index (χ0) is 25.9. The Morgan fingerprint density at radius 3 is 2.31 bits per heavy atom. The average Bonchev–Trinajstić information content (AvgIpc) is 2.89. The number of nitrogens with zero attached hydrogens (tertiary/aromatic N) is 1. The Kier molecular flexibility index (Phi) is 8.99. The third kappa shape index (κ3) is 7.07. The lowest BCUT2D eigenvalue weighted by molar-refractivity contribution is -0.136. The first-order valence-electron chi connectivity index (χ1n) is 10.8. The Morgan fingerprint density at radius 2 is 1.61 bits per heavy atom. The number of hydrazone groups is 1. The van der Waals surface area contributed by atoms with Gasteiger partial charge in [-0.2, -0.15) is 5.10 Å². The molecule has 0 aliphatic carbocycles. The lowest BCUT2D eigenvalue weighted by atomic mass is 10.2. The van der Waals surface area contributed by atoms with Gasteiger partial charge in [0.15, 0.2) is 18.1 Å². The fraction of sp³-hybridized carbons (Fsp3) is 0.154. The number of para-hydroxylation sites is 2. The summed E-state index contributed by atoms with van der Waals surface area (Å²) in [7, 11) is 2.99. The number of carbonyl (C=O) groups excluding carboxylic acids is 3. The van der Waals surface area contributed by atoms with Crippen LogP contribution in [0, 0.1) is 6.92 Å². The fourth-order valence-corrected chi connectivity index (χ4v) is 3.06. The molecule has 0 aliphatic rings. The van der Waals surface area contributed by atoms with E-state index in [-0.39, 0.29) is 18.3 Å². The number of aryl methyl sites for hydroxylation is 1. The number of anilines is 2. The summed E-state index contributed by atoms with van der Waals surface area (Å²) in [4.78, 5) is 36.6. The summed E-state index contributed by atoms with van der Waals surface area (Å²) in [5, 5.41) is 9.08. The lowest BCUT2D eigenvalue weighted by Crippen LogP contribution is -2.32. The third-order valence-corrected chi connectivity index (χ3v) is 4.92. The second kappa shape index (κ2) is 12.6. The van der Waals surface area contributed by atoms with Crippen LogP contribution in [0.1, 0.15) is 11.1 Å². The highest BCUT2D eigenvalue weighted by atomic mass is 16.5. The molecule has 36 heavy (non-hydrogen) atoms. The van der Waals surface area contributed by atoms with Crippen LogP contribution in [0.2, 0.25) is 0 Å². The Hall–Kier alpha value is -4.86. The van der Waals surface area contributed by atoms with E-state index in [1.54, 1.807) is 48.5 Å². The molecule has 186 valence electrons. The maximum atomic E-state index is 12.4. The lowest BCUT2D eigenvalue weighted by Gasteiger charge is -2.13. The van der Waals surface area contributed by atoms with Gasteiger partial charge in [0, 0.05) is 16.9 Å². The minimum Gasteiger partial charge on any atom is -0.497 e. The number of rotatable bonds is 9. The summed E-state index contributed by atoms with van der Waals surface area (Å²) in [6.07, 6.45) is 1.29. The van der Waals surface area contributed by atoms with E-state index in [9.17, 15) is 14.4 Å². The van der Waals surface area contributed by atoms with Gasteiger partial charge in [-0.25, -0.2) is 5.43 Å². The van der Waals surface area contributed by atoms with Crippen LogP contribution in [0.3, 0.4) is 0 Å². The molecular formula is C26H26N4O6. The molecule has 0 saturated heterocycles. The number of carbonyl (C=O) groups is 3. The topological polar surface area (TPSA) is 127 Å². The molecule has 0 spiro atoms. The van der Waals surface area contributed by atoms with Crippen molar-refractivity contribution in [1.29, 1.82) is 0 Å². The molecule has 10 nitrogen and oxygen atoms in total. The zero-order valence-corrected chi connectivity index (χ0v) is 20.0. The minimum atomic E-state index is -0.968. The van der Waals surface area contributed by atoms with E-state index in [0.29, 0.717) is 28.4 Å². The highest BCUT2D eigenvalue weighted by Crippen LogP contribution is 2.30. The molecule has 0 aliphatic heterocycles. The quantitative estimate of drug-likeness (QED) is 0.240. The first-order valence-corrected chi connectivity index (χ1v) is 10.8. The predicted octanol–water partition coefficient (Wildman–Crippen LogP) is 3.12. The number of amides is 3. The molecule has 3 rings (SSSR count). The molecular weight excluding hydrogens is 464 g/mol. The smallest absolute Gasteiger partial charge is 0.329 e. The summed E-state index contributed by atoms with van der Waals surface area (Å²) in [6.45, 7) is 1.60. The molecule has 3 amide bonds. The number of methoxy groups -OCH3 is 2. The van der Waals surface area contributed by atoms with Gasteiger partial charge in [0.1, 0.15) is 5.75 Å². The third-order valence-electron chi connectivity index (χ3n) is 4.92. The Labute approximate surface area is 208 Å². The highest BCUT2D eigenvalue weighted by Gasteiger charge is 2.15. The van der Waals surface area contributed by atoms with Crippen molar-refractivity contribution in [1.82, 2.24) is 5.43 Å². The van der Waals surface area contributed by atoms with Crippen molar-refractivity contribution in [3.05, 3.63) is 77.9 Å². The van der Waals surface area contributed by atoms with Crippen molar-refractivity contribution in [2.24, 2.45) is 5.10 Å². The molecule has 0 radical (unpaired) electrons. The first-order chi connectivity index (χ1) is 17.4. The van der Waals surface area contributed by atoms with Gasteiger partial charge in [-0.1, -0.05) is 24.3 Å². The molecule has 3 aromatic rings. The van der Waals surface area contributed by atoms with Crippen LogP contribution in [0.5, 0.6) is 17.2 Å². The molecule has 0 aromatic heterocycles. The highest BCUT2D eigenvalue weighted by molar-refractivity contribution is 6.39. The maximum Gasteiger partial charge on any atom is 0.329 e. The Balaban J connectivity index is 1.61. The summed E-state index contributed by atoms with van der Waals surface area (Å²) >= 11 is 0. The molecule has 0 heterocycles. The van der Waals surface area contributed by atoms with Gasteiger partial charge in [0.05, 0.1) is 20.4 Å². The van der Waals surface area contributed by atoms with E-state index in [2.05, 4.69) is 21.2 Å². The molecule has 10 heteroatoms. The van der Waals surface area contributed by atoms with Crippen LogP contribution < -0.4 is 30.3 Å². The van der Waals surface area contributed by atoms with E-state index < -0.39 is 11.8 Å². The number of hydrogen-bond donors (Lipinski definition) is 3. The van der Waals surface area contributed by atoms with Gasteiger partial charge >= 0.3 is 11.8 Å². The second-order valence-electron chi connectivity index (χ2n) is 7.41. The van der Waals surface area contributed by atoms with Crippen molar-refractivity contribution < 1.29 is 28.6 Å². The molecule has 0 bridgehead atoms. The van der Waals surface area contributed by atoms with Crippen molar-refractivity contribution >= 4 is 35.3 Å². The van der Waals surface area contributed by atoms with Gasteiger partial charge in [-0.3, -0.25) is 14.4 Å². The number of benzene rings is 3. The Bertz CT molecular complexity index is 1260. The van der Waals surface area contributed by atoms with E-state index in [1.165, 1.54) is 20.4 Å². The van der Waals surface area contributed by atoms with Crippen molar-refractivity contribution in [2.45, 2.75) is 6.92 Å². The van der Waals surface area contributed by atoms with Gasteiger partial charge in [0.25, 0.3) is 5.91 Å². The SMILES string of the molecule is COc1ccc(NC(=O)C(=O)N/N=C\c2cccc(OC)c2OCC(=O)Nc2ccccc2C)cc1. The summed E-state index contributed by atoms with van der Waals surface area (Å²) in [5.74, 6) is -0.989. The van der Waals surface area contributed by atoms with Crippen molar-refractivity contribution in [3.8, 4) is 17.2 Å². The second-order valence-corrected chi connectivity index (χ2v) is 7.41. The van der Waals surface area contributed by atoms with Crippen LogP contribution in [0.15, 0.2) is 71.8 Å². The molecule has 3 aromatic carbocycles. The van der Waals surface area contributed by atoms with Gasteiger partial charge in [-0.15, -0.1) is 0 Å². The summed E-state index contributed by atoms with van der Waals surface area (Å²) in [6, 6.07) is 18.9. The fourth-order valence-electron chi connectivity index (χ4n) is 3.06. The van der Waals surface area contributed by atoms with Crippen LogP contribution in [-0.2, 0) is 14.4 Å². The van der Waals surface area contributed by atoms with E-state index in [1.807, 2.05) is 25.1 Å². The van der Waals surface area contributed by atoms with Crippen molar-refractivity contribution in [2.75, 3.05) is 31.5 Å². The number of hydrogen-bond acceptors (Lipinski definition) is 7. The van der Waals surface area contributed by atoms with Crippen LogP contribution in [-0.4, -0.2) is 44.8 Å². The van der Waals surface area contributed by atoms with Crippen LogP contribution in [0.4, 0.5) is 11.4 Å². The number of nitrogens with one attached hydrogen (secondary N) is 3. The van der Waals surface area contributed by atoms with E-state index in [0.717, 1.165) is 5.56 Å². The monoisotopic (exact) mass is 490 g/mol. The van der Waals surface area contributed by atoms with Gasteiger partial charge < -0.3 is 24.8 Å². The molecule has 0 unspecified atom stereocenters. The van der Waals surface area contributed by atoms with Gasteiger partial charge in [0.2, 0.25) is 0 Å². The first kappa shape index (κ1) is 25.8. The minimum absolute atomic E-state index is 0.251. The predicted molar refractivity (Wildman–Crippen MR) is 136 cm³/mol. The van der Waals surface area contributed by atoms with Crippen molar-refractivity contribution in [3.63, 3.8) is 0 Å². The van der Waals surface area contributed by atoms with Crippen LogP contribution >= 0.6 is 0 Å². The van der Waals surface area contributed by atoms with Crippen LogP contribution in [0.25, 0.3) is 0 Å². The normalized spacial score (nSPS) is 10.4.